The first-order chi connectivity index (χ1) is 9.41. The van der Waals surface area contributed by atoms with Gasteiger partial charge in [0.2, 0.25) is 0 Å². The Labute approximate surface area is 122 Å². The van der Waals surface area contributed by atoms with Gasteiger partial charge in [-0.2, -0.15) is 5.10 Å². The second-order valence-electron chi connectivity index (χ2n) is 5.17. The number of carbonyl (C=O) groups is 1. The monoisotopic (exact) mass is 293 g/mol. The Bertz CT molecular complexity index is 605. The summed E-state index contributed by atoms with van der Waals surface area (Å²) < 4.78 is 0. The minimum absolute atomic E-state index is 0.142. The molecule has 1 amide bonds. The Morgan fingerprint density at radius 3 is 2.65 bits per heavy atom. The van der Waals surface area contributed by atoms with E-state index in [1.54, 1.807) is 32.0 Å². The van der Waals surface area contributed by atoms with Crippen molar-refractivity contribution in [3.05, 3.63) is 41.0 Å². The van der Waals surface area contributed by atoms with Crippen LogP contribution in [0.3, 0.4) is 0 Å². The van der Waals surface area contributed by atoms with Crippen LogP contribution in [0.2, 0.25) is 5.02 Å². The summed E-state index contributed by atoms with van der Waals surface area (Å²) in [5.41, 5.74) is 1.19. The minimum Gasteiger partial charge on any atom is -0.394 e. The lowest BCUT2D eigenvalue weighted by molar-refractivity contribution is 0.0864. The van der Waals surface area contributed by atoms with Crippen molar-refractivity contribution < 1.29 is 9.90 Å². The molecule has 2 rings (SSSR count). The van der Waals surface area contributed by atoms with E-state index in [2.05, 4.69) is 15.5 Å². The Hall–Kier alpha value is -1.85. The van der Waals surface area contributed by atoms with E-state index in [1.807, 2.05) is 12.1 Å². The van der Waals surface area contributed by atoms with E-state index in [4.69, 9.17) is 16.7 Å². The first kappa shape index (κ1) is 14.6. The van der Waals surface area contributed by atoms with E-state index in [0.717, 1.165) is 5.56 Å². The highest BCUT2D eigenvalue weighted by atomic mass is 35.5. The number of hydrogen-bond donors (Lipinski definition) is 3. The van der Waals surface area contributed by atoms with Gasteiger partial charge in [0, 0.05) is 10.6 Å². The molecule has 0 saturated carbocycles. The highest BCUT2D eigenvalue weighted by Crippen LogP contribution is 2.20. The van der Waals surface area contributed by atoms with Gasteiger partial charge >= 0.3 is 0 Å². The number of nitrogens with zero attached hydrogens (tertiary/aromatic N) is 1. The third kappa shape index (κ3) is 3.37. The molecule has 0 radical (unpaired) electrons. The highest BCUT2D eigenvalue weighted by molar-refractivity contribution is 6.30. The zero-order valence-corrected chi connectivity index (χ0v) is 12.0. The quantitative estimate of drug-likeness (QED) is 0.809. The summed E-state index contributed by atoms with van der Waals surface area (Å²) in [5.74, 6) is -0.309. The van der Waals surface area contributed by atoms with Crippen LogP contribution in [0.25, 0.3) is 11.3 Å². The van der Waals surface area contributed by atoms with Gasteiger partial charge in [0.1, 0.15) is 5.69 Å². The van der Waals surface area contributed by atoms with E-state index >= 15 is 0 Å². The number of amides is 1. The number of aliphatic hydroxyl groups excluding tert-OH is 1. The average molecular weight is 294 g/mol. The third-order valence-electron chi connectivity index (χ3n) is 2.81. The maximum Gasteiger partial charge on any atom is 0.269 e. The lowest BCUT2D eigenvalue weighted by atomic mass is 10.1. The van der Waals surface area contributed by atoms with Gasteiger partial charge in [0.25, 0.3) is 5.91 Å². The molecule has 0 fully saturated rings. The van der Waals surface area contributed by atoms with Crippen molar-refractivity contribution in [2.75, 3.05) is 6.61 Å². The maximum absolute atomic E-state index is 12.0. The first-order valence-corrected chi connectivity index (χ1v) is 6.54. The third-order valence-corrected chi connectivity index (χ3v) is 3.06. The molecule has 0 aliphatic carbocycles. The fourth-order valence-electron chi connectivity index (χ4n) is 1.62. The van der Waals surface area contributed by atoms with Crippen LogP contribution in [0.1, 0.15) is 24.3 Å². The van der Waals surface area contributed by atoms with Gasteiger partial charge in [0.15, 0.2) is 0 Å². The molecule has 2 aromatic rings. The number of rotatable bonds is 4. The van der Waals surface area contributed by atoms with E-state index in [-0.39, 0.29) is 12.5 Å². The van der Waals surface area contributed by atoms with Gasteiger partial charge in [-0.15, -0.1) is 0 Å². The van der Waals surface area contributed by atoms with Crippen LogP contribution in [0.4, 0.5) is 0 Å². The van der Waals surface area contributed by atoms with Crippen LogP contribution in [0.5, 0.6) is 0 Å². The SMILES string of the molecule is CC(C)(CO)NC(=O)c1cc(-c2ccc(Cl)cc2)n[nH]1. The fourth-order valence-corrected chi connectivity index (χ4v) is 1.75. The van der Waals surface area contributed by atoms with Crippen LogP contribution >= 0.6 is 11.6 Å². The summed E-state index contributed by atoms with van der Waals surface area (Å²) in [6.45, 7) is 3.33. The lowest BCUT2D eigenvalue weighted by Gasteiger charge is -2.22. The van der Waals surface area contributed by atoms with E-state index in [0.29, 0.717) is 16.4 Å². The van der Waals surface area contributed by atoms with Crippen molar-refractivity contribution in [3.63, 3.8) is 0 Å². The second kappa shape index (κ2) is 5.64. The molecule has 0 bridgehead atoms. The number of benzene rings is 1. The largest absolute Gasteiger partial charge is 0.394 e. The molecule has 1 heterocycles. The van der Waals surface area contributed by atoms with Crippen molar-refractivity contribution in [2.45, 2.75) is 19.4 Å². The summed E-state index contributed by atoms with van der Waals surface area (Å²) in [7, 11) is 0. The number of aromatic nitrogens is 2. The van der Waals surface area contributed by atoms with E-state index in [9.17, 15) is 4.79 Å². The summed E-state index contributed by atoms with van der Waals surface area (Å²) >= 11 is 5.83. The normalized spacial score (nSPS) is 11.4. The number of hydrogen-bond acceptors (Lipinski definition) is 3. The van der Waals surface area contributed by atoms with Gasteiger partial charge in [-0.25, -0.2) is 0 Å². The number of H-pyrrole nitrogens is 1. The highest BCUT2D eigenvalue weighted by Gasteiger charge is 2.21. The number of carbonyl (C=O) groups excluding carboxylic acids is 1. The molecular formula is C14H16ClN3O2. The molecule has 0 unspecified atom stereocenters. The molecule has 0 spiro atoms. The summed E-state index contributed by atoms with van der Waals surface area (Å²) in [4.78, 5) is 12.0. The smallest absolute Gasteiger partial charge is 0.269 e. The molecule has 1 aromatic heterocycles. The van der Waals surface area contributed by atoms with Crippen molar-refractivity contribution in [1.82, 2.24) is 15.5 Å². The molecule has 5 nitrogen and oxygen atoms in total. The zero-order chi connectivity index (χ0) is 14.8. The maximum atomic E-state index is 12.0. The van der Waals surface area contributed by atoms with Crippen LogP contribution < -0.4 is 5.32 Å². The Morgan fingerprint density at radius 2 is 2.05 bits per heavy atom. The van der Waals surface area contributed by atoms with Gasteiger partial charge < -0.3 is 10.4 Å². The fraction of sp³-hybridized carbons (Fsp3) is 0.286. The second-order valence-corrected chi connectivity index (χ2v) is 5.61. The molecule has 0 aliphatic heterocycles. The van der Waals surface area contributed by atoms with Crippen molar-refractivity contribution >= 4 is 17.5 Å². The molecule has 0 saturated heterocycles. The molecule has 3 N–H and O–H groups in total. The van der Waals surface area contributed by atoms with E-state index < -0.39 is 5.54 Å². The topological polar surface area (TPSA) is 78.0 Å². The van der Waals surface area contributed by atoms with Gasteiger partial charge in [-0.3, -0.25) is 9.89 Å². The summed E-state index contributed by atoms with van der Waals surface area (Å²) in [5, 5.41) is 19.3. The molecule has 6 heteroatoms. The summed E-state index contributed by atoms with van der Waals surface area (Å²) in [6, 6.07) is 8.85. The van der Waals surface area contributed by atoms with Gasteiger partial charge in [-0.05, 0) is 32.0 Å². The Morgan fingerprint density at radius 1 is 1.40 bits per heavy atom. The van der Waals surface area contributed by atoms with Crippen LogP contribution in [-0.2, 0) is 0 Å². The number of aromatic amines is 1. The number of halogens is 1. The van der Waals surface area contributed by atoms with Crippen LogP contribution in [-0.4, -0.2) is 33.4 Å². The first-order valence-electron chi connectivity index (χ1n) is 6.16. The molecule has 106 valence electrons. The average Bonchev–Trinajstić information content (AvgIpc) is 2.89. The zero-order valence-electron chi connectivity index (χ0n) is 11.3. The van der Waals surface area contributed by atoms with Crippen LogP contribution in [0.15, 0.2) is 30.3 Å². The minimum atomic E-state index is -0.678. The van der Waals surface area contributed by atoms with Crippen molar-refractivity contribution in [1.29, 1.82) is 0 Å². The Balaban J connectivity index is 2.17. The van der Waals surface area contributed by atoms with Gasteiger partial charge in [0.05, 0.1) is 17.8 Å². The molecule has 0 atom stereocenters. The molecule has 1 aromatic carbocycles. The predicted octanol–water partition coefficient (Wildman–Crippen LogP) is 2.23. The number of nitrogens with one attached hydrogen (secondary N) is 2. The predicted molar refractivity (Wildman–Crippen MR) is 77.7 cm³/mol. The standard InChI is InChI=1S/C14H16ClN3O2/c1-14(2,8-19)16-13(20)12-7-11(17-18-12)9-3-5-10(15)6-4-9/h3-7,19H,8H2,1-2H3,(H,16,20)(H,17,18). The van der Waals surface area contributed by atoms with Crippen molar-refractivity contribution in [2.24, 2.45) is 0 Å². The van der Waals surface area contributed by atoms with Gasteiger partial charge in [-0.1, -0.05) is 23.7 Å². The molecular weight excluding hydrogens is 278 g/mol. The lowest BCUT2D eigenvalue weighted by Crippen LogP contribution is -2.46. The summed E-state index contributed by atoms with van der Waals surface area (Å²) in [6.07, 6.45) is 0. The Kier molecular flexibility index (Phi) is 4.11. The van der Waals surface area contributed by atoms with E-state index in [1.165, 1.54) is 0 Å². The van der Waals surface area contributed by atoms with Crippen LogP contribution in [0, 0.1) is 0 Å². The van der Waals surface area contributed by atoms with Crippen molar-refractivity contribution in [3.8, 4) is 11.3 Å². The number of aliphatic hydroxyl groups is 1. The molecule has 20 heavy (non-hydrogen) atoms. The molecule has 0 aliphatic rings.